The molecule has 1 aromatic carbocycles. The first-order valence-electron chi connectivity index (χ1n) is 6.55. The van der Waals surface area contributed by atoms with E-state index in [1.807, 2.05) is 0 Å². The number of carbonyl (C=O) groups is 2. The minimum Gasteiger partial charge on any atom is -0.481 e. The van der Waals surface area contributed by atoms with E-state index in [1.165, 1.54) is 23.1 Å². The van der Waals surface area contributed by atoms with E-state index in [4.69, 9.17) is 5.11 Å². The second kappa shape index (κ2) is 6.51. The van der Waals surface area contributed by atoms with Gasteiger partial charge in [-0.2, -0.15) is 8.78 Å². The van der Waals surface area contributed by atoms with Crippen LogP contribution in [0.4, 0.5) is 8.78 Å². The van der Waals surface area contributed by atoms with Crippen LogP contribution in [0.1, 0.15) is 29.6 Å². The van der Waals surface area contributed by atoms with E-state index in [0.717, 1.165) is 12.8 Å². The summed E-state index contributed by atoms with van der Waals surface area (Å²) in [6.07, 6.45) is 1.41. The van der Waals surface area contributed by atoms with Gasteiger partial charge in [-0.05, 0) is 25.0 Å². The Labute approximate surface area is 120 Å². The summed E-state index contributed by atoms with van der Waals surface area (Å²) in [4.78, 5) is 24.5. The van der Waals surface area contributed by atoms with Crippen LogP contribution >= 0.6 is 0 Å². The summed E-state index contributed by atoms with van der Waals surface area (Å²) < 4.78 is 29.1. The number of aliphatic carboxylic acids is 1. The molecule has 1 amide bonds. The lowest BCUT2D eigenvalue weighted by Gasteiger charge is -2.22. The van der Waals surface area contributed by atoms with Crippen LogP contribution in [0, 0.1) is 0 Å². The molecular weight excluding hydrogens is 284 g/mol. The van der Waals surface area contributed by atoms with Gasteiger partial charge in [-0.15, -0.1) is 0 Å². The van der Waals surface area contributed by atoms with Gasteiger partial charge >= 0.3 is 12.6 Å². The molecule has 2 rings (SSSR count). The highest BCUT2D eigenvalue weighted by Crippen LogP contribution is 2.30. The number of alkyl halides is 2. The van der Waals surface area contributed by atoms with E-state index < -0.39 is 18.5 Å². The first kappa shape index (κ1) is 15.2. The van der Waals surface area contributed by atoms with Crippen LogP contribution in [0.5, 0.6) is 5.75 Å². The third kappa shape index (κ3) is 4.14. The molecule has 0 heterocycles. The van der Waals surface area contributed by atoms with Gasteiger partial charge in [0.2, 0.25) is 0 Å². The quantitative estimate of drug-likeness (QED) is 0.839. The van der Waals surface area contributed by atoms with E-state index in [9.17, 15) is 18.4 Å². The van der Waals surface area contributed by atoms with Crippen LogP contribution in [0.15, 0.2) is 24.3 Å². The number of hydrogen-bond acceptors (Lipinski definition) is 3. The molecule has 1 aliphatic carbocycles. The van der Waals surface area contributed by atoms with Gasteiger partial charge in [0.05, 0.1) is 12.0 Å². The molecule has 0 unspecified atom stereocenters. The third-order valence-corrected chi connectivity index (χ3v) is 3.15. The molecule has 21 heavy (non-hydrogen) atoms. The lowest BCUT2D eigenvalue weighted by Crippen LogP contribution is -2.35. The van der Waals surface area contributed by atoms with Crippen molar-refractivity contribution >= 4 is 11.9 Å². The van der Waals surface area contributed by atoms with E-state index in [1.54, 1.807) is 6.07 Å². The van der Waals surface area contributed by atoms with Gasteiger partial charge in [0.1, 0.15) is 5.75 Å². The molecule has 1 aromatic rings. The third-order valence-electron chi connectivity index (χ3n) is 3.15. The summed E-state index contributed by atoms with van der Waals surface area (Å²) in [6, 6.07) is 5.72. The van der Waals surface area contributed by atoms with E-state index in [-0.39, 0.29) is 30.3 Å². The number of amides is 1. The Hall–Kier alpha value is -2.18. The predicted octanol–water partition coefficient (Wildman–Crippen LogP) is 2.37. The minimum absolute atomic E-state index is 0.0172. The van der Waals surface area contributed by atoms with Gasteiger partial charge in [-0.1, -0.05) is 12.1 Å². The Morgan fingerprint density at radius 3 is 2.57 bits per heavy atom. The van der Waals surface area contributed by atoms with Gasteiger partial charge in [0.15, 0.2) is 0 Å². The number of carboxylic acid groups (broad SMARTS) is 1. The fraction of sp³-hybridized carbons (Fsp3) is 0.429. The Kier molecular flexibility index (Phi) is 4.72. The molecule has 0 aliphatic heterocycles. The first-order chi connectivity index (χ1) is 9.99. The molecule has 0 bridgehead atoms. The van der Waals surface area contributed by atoms with Crippen LogP contribution in [-0.2, 0) is 4.79 Å². The SMILES string of the molecule is O=C(O)CCN(C(=O)c1ccccc1OC(F)F)C1CC1. The van der Waals surface area contributed by atoms with Crippen LogP contribution in [0.25, 0.3) is 0 Å². The van der Waals surface area contributed by atoms with Crippen LogP contribution in [-0.4, -0.2) is 41.1 Å². The molecule has 0 atom stereocenters. The number of carbonyl (C=O) groups excluding carboxylic acids is 1. The molecule has 114 valence electrons. The molecule has 0 radical (unpaired) electrons. The standard InChI is InChI=1S/C14H15F2NO4/c15-14(16)21-11-4-2-1-3-10(11)13(20)17(9-5-6-9)8-7-12(18)19/h1-4,9,14H,5-8H2,(H,18,19). The lowest BCUT2D eigenvalue weighted by molar-refractivity contribution is -0.137. The molecule has 0 saturated heterocycles. The van der Waals surface area contributed by atoms with Crippen molar-refractivity contribution in [3.05, 3.63) is 29.8 Å². The molecule has 1 saturated carbocycles. The largest absolute Gasteiger partial charge is 0.481 e. The predicted molar refractivity (Wildman–Crippen MR) is 69.4 cm³/mol. The number of ether oxygens (including phenoxy) is 1. The molecule has 1 N–H and O–H groups in total. The summed E-state index contributed by atoms with van der Waals surface area (Å²) in [5, 5.41) is 8.73. The molecule has 5 nitrogen and oxygen atoms in total. The highest BCUT2D eigenvalue weighted by molar-refractivity contribution is 5.97. The summed E-state index contributed by atoms with van der Waals surface area (Å²) >= 11 is 0. The Bertz CT molecular complexity index is 531. The lowest BCUT2D eigenvalue weighted by atomic mass is 10.1. The summed E-state index contributed by atoms with van der Waals surface area (Å²) in [5.74, 6) is -1.68. The van der Waals surface area contributed by atoms with Gasteiger partial charge in [-0.3, -0.25) is 9.59 Å². The number of nitrogens with zero attached hydrogens (tertiary/aromatic N) is 1. The summed E-state index contributed by atoms with van der Waals surface area (Å²) in [7, 11) is 0. The van der Waals surface area contributed by atoms with Crippen molar-refractivity contribution in [2.24, 2.45) is 0 Å². The summed E-state index contributed by atoms with van der Waals surface area (Å²) in [6.45, 7) is -2.96. The highest BCUT2D eigenvalue weighted by Gasteiger charge is 2.34. The average molecular weight is 299 g/mol. The Morgan fingerprint density at radius 1 is 1.33 bits per heavy atom. The fourth-order valence-corrected chi connectivity index (χ4v) is 2.05. The fourth-order valence-electron chi connectivity index (χ4n) is 2.05. The van der Waals surface area contributed by atoms with Crippen molar-refractivity contribution in [1.29, 1.82) is 0 Å². The normalized spacial score (nSPS) is 14.0. The zero-order valence-corrected chi connectivity index (χ0v) is 11.2. The smallest absolute Gasteiger partial charge is 0.387 e. The van der Waals surface area contributed by atoms with Crippen molar-refractivity contribution in [2.45, 2.75) is 31.9 Å². The number of rotatable bonds is 7. The second-order valence-electron chi connectivity index (χ2n) is 4.75. The van der Waals surface area contributed by atoms with Crippen molar-refractivity contribution in [1.82, 2.24) is 4.90 Å². The maximum atomic E-state index is 12.4. The number of benzene rings is 1. The van der Waals surface area contributed by atoms with E-state index in [2.05, 4.69) is 4.74 Å². The van der Waals surface area contributed by atoms with Gasteiger partial charge in [-0.25, -0.2) is 0 Å². The van der Waals surface area contributed by atoms with Crippen molar-refractivity contribution in [3.8, 4) is 5.75 Å². The zero-order chi connectivity index (χ0) is 15.4. The monoisotopic (exact) mass is 299 g/mol. The van der Waals surface area contributed by atoms with Crippen LogP contribution in [0.2, 0.25) is 0 Å². The van der Waals surface area contributed by atoms with Crippen molar-refractivity contribution < 1.29 is 28.2 Å². The minimum atomic E-state index is -3.02. The van der Waals surface area contributed by atoms with Crippen molar-refractivity contribution in [2.75, 3.05) is 6.54 Å². The number of carboxylic acids is 1. The number of para-hydroxylation sites is 1. The molecular formula is C14H15F2NO4. The van der Waals surface area contributed by atoms with Gasteiger partial charge in [0.25, 0.3) is 5.91 Å². The molecule has 7 heteroatoms. The van der Waals surface area contributed by atoms with Crippen LogP contribution in [0.3, 0.4) is 0 Å². The maximum absolute atomic E-state index is 12.4. The Balaban J connectivity index is 2.18. The zero-order valence-electron chi connectivity index (χ0n) is 11.2. The summed E-state index contributed by atoms with van der Waals surface area (Å²) in [5.41, 5.74) is 0.0232. The Morgan fingerprint density at radius 2 is 2.00 bits per heavy atom. The second-order valence-corrected chi connectivity index (χ2v) is 4.75. The van der Waals surface area contributed by atoms with E-state index in [0.29, 0.717) is 0 Å². The maximum Gasteiger partial charge on any atom is 0.387 e. The average Bonchev–Trinajstić information content (AvgIpc) is 3.23. The van der Waals surface area contributed by atoms with Crippen LogP contribution < -0.4 is 4.74 Å². The van der Waals surface area contributed by atoms with Crippen molar-refractivity contribution in [3.63, 3.8) is 0 Å². The number of halogens is 2. The molecule has 0 spiro atoms. The highest BCUT2D eigenvalue weighted by atomic mass is 19.3. The molecule has 1 fully saturated rings. The first-order valence-corrected chi connectivity index (χ1v) is 6.55. The van der Waals surface area contributed by atoms with Gasteiger partial charge < -0.3 is 14.7 Å². The molecule has 0 aromatic heterocycles. The number of hydrogen-bond donors (Lipinski definition) is 1. The van der Waals surface area contributed by atoms with Gasteiger partial charge in [0, 0.05) is 12.6 Å². The topological polar surface area (TPSA) is 66.8 Å². The van der Waals surface area contributed by atoms with E-state index >= 15 is 0 Å². The molecule has 1 aliphatic rings.